The Labute approximate surface area is 115 Å². The molecular weight excluding hydrogens is 262 g/mol. The molecule has 0 saturated heterocycles. The highest BCUT2D eigenvalue weighted by Gasteiger charge is 2.12. The molecule has 0 saturated carbocycles. The van der Waals surface area contributed by atoms with Gasteiger partial charge in [-0.2, -0.15) is 0 Å². The van der Waals surface area contributed by atoms with Crippen LogP contribution in [0.5, 0.6) is 5.75 Å². The second kappa shape index (κ2) is 6.80. The van der Waals surface area contributed by atoms with Gasteiger partial charge in [0, 0.05) is 6.42 Å². The number of hydrogen-bond acceptors (Lipinski definition) is 5. The Balaban J connectivity index is 1.65. The summed E-state index contributed by atoms with van der Waals surface area (Å²) in [6, 6.07) is 11.2. The van der Waals surface area contributed by atoms with Gasteiger partial charge in [0.25, 0.3) is 0 Å². The van der Waals surface area contributed by atoms with E-state index in [0.29, 0.717) is 30.2 Å². The van der Waals surface area contributed by atoms with Crippen LogP contribution in [0.4, 0.5) is 5.69 Å². The van der Waals surface area contributed by atoms with Crippen molar-refractivity contribution < 1.29 is 14.3 Å². The average Bonchev–Trinajstić information content (AvgIpc) is 2.86. The number of nitrogen functional groups attached to an aromatic ring is 1. The summed E-state index contributed by atoms with van der Waals surface area (Å²) in [4.78, 5) is 12.1. The molecule has 0 aliphatic heterocycles. The molecule has 100 valence electrons. The lowest BCUT2D eigenvalue weighted by Crippen LogP contribution is -2.09. The first-order valence-electron chi connectivity index (χ1n) is 5.95. The van der Waals surface area contributed by atoms with Crippen molar-refractivity contribution in [3.63, 3.8) is 0 Å². The SMILES string of the molecule is Nc1ccsc1C(=O)OCCCOc1ccccc1. The molecule has 2 rings (SSSR count). The van der Waals surface area contributed by atoms with Crippen LogP contribution in [-0.4, -0.2) is 19.2 Å². The number of thiophene rings is 1. The number of benzene rings is 1. The minimum Gasteiger partial charge on any atom is -0.493 e. The van der Waals surface area contributed by atoms with E-state index in [9.17, 15) is 4.79 Å². The number of ether oxygens (including phenoxy) is 2. The Morgan fingerprint density at radius 3 is 2.63 bits per heavy atom. The van der Waals surface area contributed by atoms with Gasteiger partial charge >= 0.3 is 5.97 Å². The van der Waals surface area contributed by atoms with E-state index in [1.165, 1.54) is 11.3 Å². The summed E-state index contributed by atoms with van der Waals surface area (Å²) in [5.41, 5.74) is 6.10. The molecule has 0 unspecified atom stereocenters. The zero-order chi connectivity index (χ0) is 13.5. The van der Waals surface area contributed by atoms with E-state index in [1.54, 1.807) is 11.4 Å². The minimum absolute atomic E-state index is 0.322. The summed E-state index contributed by atoms with van der Waals surface area (Å²) < 4.78 is 10.6. The van der Waals surface area contributed by atoms with Gasteiger partial charge in [-0.1, -0.05) is 18.2 Å². The lowest BCUT2D eigenvalue weighted by atomic mass is 10.3. The number of nitrogens with two attached hydrogens (primary N) is 1. The molecule has 2 aromatic rings. The van der Waals surface area contributed by atoms with Gasteiger partial charge < -0.3 is 15.2 Å². The average molecular weight is 277 g/mol. The number of carbonyl (C=O) groups is 1. The van der Waals surface area contributed by atoms with Gasteiger partial charge in [-0.15, -0.1) is 11.3 Å². The highest BCUT2D eigenvalue weighted by atomic mass is 32.1. The normalized spacial score (nSPS) is 10.1. The number of rotatable bonds is 6. The molecule has 0 spiro atoms. The monoisotopic (exact) mass is 277 g/mol. The zero-order valence-electron chi connectivity index (χ0n) is 10.4. The van der Waals surface area contributed by atoms with Crippen LogP contribution in [0.1, 0.15) is 16.1 Å². The maximum atomic E-state index is 11.6. The Hall–Kier alpha value is -2.01. The lowest BCUT2D eigenvalue weighted by molar-refractivity contribution is 0.0493. The second-order valence-electron chi connectivity index (χ2n) is 3.86. The molecule has 0 amide bonds. The summed E-state index contributed by atoms with van der Waals surface area (Å²) in [5.74, 6) is 0.448. The molecule has 1 heterocycles. The maximum Gasteiger partial charge on any atom is 0.350 e. The van der Waals surface area contributed by atoms with Gasteiger partial charge in [0.15, 0.2) is 0 Å². The van der Waals surface area contributed by atoms with E-state index in [0.717, 1.165) is 5.75 Å². The first kappa shape index (κ1) is 13.4. The third kappa shape index (κ3) is 3.99. The maximum absolute atomic E-state index is 11.6. The second-order valence-corrected chi connectivity index (χ2v) is 4.77. The molecule has 4 nitrogen and oxygen atoms in total. The molecule has 1 aromatic carbocycles. The lowest BCUT2D eigenvalue weighted by Gasteiger charge is -2.06. The van der Waals surface area contributed by atoms with Gasteiger partial charge in [-0.3, -0.25) is 0 Å². The van der Waals surface area contributed by atoms with Gasteiger partial charge in [0.1, 0.15) is 10.6 Å². The number of esters is 1. The fourth-order valence-corrected chi connectivity index (χ4v) is 2.19. The highest BCUT2D eigenvalue weighted by Crippen LogP contribution is 2.19. The predicted molar refractivity (Wildman–Crippen MR) is 75.6 cm³/mol. The third-order valence-electron chi connectivity index (χ3n) is 2.41. The van der Waals surface area contributed by atoms with E-state index in [2.05, 4.69) is 0 Å². The molecule has 19 heavy (non-hydrogen) atoms. The summed E-state index contributed by atoms with van der Waals surface area (Å²) in [6.45, 7) is 0.834. The van der Waals surface area contributed by atoms with Crippen LogP contribution in [-0.2, 0) is 4.74 Å². The first-order valence-corrected chi connectivity index (χ1v) is 6.83. The van der Waals surface area contributed by atoms with Gasteiger partial charge in [-0.05, 0) is 23.6 Å². The molecule has 2 N–H and O–H groups in total. The molecular formula is C14H15NO3S. The van der Waals surface area contributed by atoms with Crippen molar-refractivity contribution in [2.75, 3.05) is 18.9 Å². The van der Waals surface area contributed by atoms with Crippen molar-refractivity contribution in [3.8, 4) is 5.75 Å². The fourth-order valence-electron chi connectivity index (χ4n) is 1.48. The van der Waals surface area contributed by atoms with E-state index in [1.807, 2.05) is 30.3 Å². The summed E-state index contributed by atoms with van der Waals surface area (Å²) in [6.07, 6.45) is 0.645. The molecule has 5 heteroatoms. The molecule has 0 aliphatic carbocycles. The van der Waals surface area contributed by atoms with Crippen molar-refractivity contribution in [1.82, 2.24) is 0 Å². The van der Waals surface area contributed by atoms with Crippen molar-refractivity contribution in [2.24, 2.45) is 0 Å². The fraction of sp³-hybridized carbons (Fsp3) is 0.214. The summed E-state index contributed by atoms with van der Waals surface area (Å²) in [7, 11) is 0. The van der Waals surface area contributed by atoms with E-state index < -0.39 is 0 Å². The van der Waals surface area contributed by atoms with Crippen LogP contribution < -0.4 is 10.5 Å². The van der Waals surface area contributed by atoms with Crippen LogP contribution in [0.15, 0.2) is 41.8 Å². The van der Waals surface area contributed by atoms with E-state index in [-0.39, 0.29) is 5.97 Å². The van der Waals surface area contributed by atoms with Crippen LogP contribution >= 0.6 is 11.3 Å². The molecule has 0 radical (unpaired) electrons. The number of anilines is 1. The van der Waals surface area contributed by atoms with Gasteiger partial charge in [0.05, 0.1) is 18.9 Å². The topological polar surface area (TPSA) is 61.6 Å². The van der Waals surface area contributed by atoms with Crippen LogP contribution in [0, 0.1) is 0 Å². The Bertz CT molecular complexity index is 524. The van der Waals surface area contributed by atoms with Gasteiger partial charge in [-0.25, -0.2) is 4.79 Å². The van der Waals surface area contributed by atoms with E-state index in [4.69, 9.17) is 15.2 Å². The zero-order valence-corrected chi connectivity index (χ0v) is 11.2. The van der Waals surface area contributed by atoms with Crippen LogP contribution in [0.3, 0.4) is 0 Å². The number of hydrogen-bond donors (Lipinski definition) is 1. The van der Waals surface area contributed by atoms with Crippen LogP contribution in [0.2, 0.25) is 0 Å². The predicted octanol–water partition coefficient (Wildman–Crippen LogP) is 2.96. The van der Waals surface area contributed by atoms with Crippen LogP contribution in [0.25, 0.3) is 0 Å². The Morgan fingerprint density at radius 2 is 1.95 bits per heavy atom. The van der Waals surface area contributed by atoms with Gasteiger partial charge in [0.2, 0.25) is 0 Å². The highest BCUT2D eigenvalue weighted by molar-refractivity contribution is 7.12. The molecule has 1 aromatic heterocycles. The number of para-hydroxylation sites is 1. The standard InChI is InChI=1S/C14H15NO3S/c15-12-7-10-19-13(12)14(16)18-9-4-8-17-11-5-2-1-3-6-11/h1-3,5-7,10H,4,8-9,15H2. The van der Waals surface area contributed by atoms with Crippen molar-refractivity contribution >= 4 is 23.0 Å². The van der Waals surface area contributed by atoms with Crippen molar-refractivity contribution in [2.45, 2.75) is 6.42 Å². The molecule has 0 atom stereocenters. The molecule has 0 bridgehead atoms. The quantitative estimate of drug-likeness (QED) is 0.651. The molecule has 0 aliphatic rings. The van der Waals surface area contributed by atoms with E-state index >= 15 is 0 Å². The largest absolute Gasteiger partial charge is 0.493 e. The first-order chi connectivity index (χ1) is 9.27. The minimum atomic E-state index is -0.368. The summed E-state index contributed by atoms with van der Waals surface area (Å²) in [5, 5.41) is 1.77. The Kier molecular flexibility index (Phi) is 4.80. The number of carbonyl (C=O) groups excluding carboxylic acids is 1. The third-order valence-corrected chi connectivity index (χ3v) is 3.33. The smallest absolute Gasteiger partial charge is 0.350 e. The Morgan fingerprint density at radius 1 is 1.16 bits per heavy atom. The summed E-state index contributed by atoms with van der Waals surface area (Å²) >= 11 is 1.29. The molecule has 0 fully saturated rings. The van der Waals surface area contributed by atoms with Crippen molar-refractivity contribution in [1.29, 1.82) is 0 Å². The van der Waals surface area contributed by atoms with Crippen molar-refractivity contribution in [3.05, 3.63) is 46.7 Å².